The Morgan fingerprint density at radius 1 is 0.482 bits per heavy atom. The summed E-state index contributed by atoms with van der Waals surface area (Å²) in [6, 6.07) is 31.8. The lowest BCUT2D eigenvalue weighted by Gasteiger charge is -2.19. The van der Waals surface area contributed by atoms with E-state index in [0.29, 0.717) is 10.5 Å². The van der Waals surface area contributed by atoms with E-state index >= 15 is 0 Å². The first kappa shape index (κ1) is 44.0. The van der Waals surface area contributed by atoms with Crippen molar-refractivity contribution in [3.63, 3.8) is 0 Å². The van der Waals surface area contributed by atoms with E-state index in [1.807, 2.05) is 0 Å². The Balaban J connectivity index is 0.000000207. The quantitative estimate of drug-likeness (QED) is 0.103. The normalized spacial score (nSPS) is 18.6. The monoisotopic (exact) mass is 820 g/mol. The number of hydrogen-bond donors (Lipinski definition) is 0. The molecule has 0 radical (unpaired) electrons. The minimum absolute atomic E-state index is 0. The van der Waals surface area contributed by atoms with E-state index in [1.165, 1.54) is 55.7 Å². The van der Waals surface area contributed by atoms with E-state index in [2.05, 4.69) is 192 Å². The summed E-state index contributed by atoms with van der Waals surface area (Å²) < 4.78 is 0. The molecule has 8 rings (SSSR count). The first-order valence-electron chi connectivity index (χ1n) is 19.9. The van der Waals surface area contributed by atoms with E-state index in [9.17, 15) is 0 Å². The van der Waals surface area contributed by atoms with Crippen molar-refractivity contribution in [1.82, 2.24) is 0 Å². The third-order valence-corrected chi connectivity index (χ3v) is 17.8. The zero-order valence-electron chi connectivity index (χ0n) is 35.6. The van der Waals surface area contributed by atoms with Crippen molar-refractivity contribution in [2.75, 3.05) is 0 Å². The highest BCUT2D eigenvalue weighted by Crippen LogP contribution is 2.44. The van der Waals surface area contributed by atoms with Crippen LogP contribution in [0, 0.1) is 10.8 Å². The van der Waals surface area contributed by atoms with Crippen LogP contribution in [0.4, 0.5) is 0 Å². The molecule has 56 heavy (non-hydrogen) atoms. The number of thiol groups is 2. The predicted molar refractivity (Wildman–Crippen MR) is 246 cm³/mol. The van der Waals surface area contributed by atoms with Gasteiger partial charge < -0.3 is 24.8 Å². The molecule has 4 heteroatoms. The molecule has 0 saturated heterocycles. The largest absolute Gasteiger partial charge is 1.00 e. The summed E-state index contributed by atoms with van der Waals surface area (Å²) in [5, 5.41) is 1.07. The lowest BCUT2D eigenvalue weighted by molar-refractivity contribution is -0.001000. The number of rotatable bonds is 4. The van der Waals surface area contributed by atoms with E-state index in [-0.39, 0.29) is 56.6 Å². The SMILES string of the molecule is CC1=CC(C(C)(C)C)=CC1[SH+](=C(C)C)c1cccc2c1Cc1ccccc1-2.CC1=CC(C(C)(C)C)=CC1[SH+](=C(C)C)c1cccc2c1Cc1ccccc1-2.[Cl-].[Cl-]. The van der Waals surface area contributed by atoms with Crippen LogP contribution < -0.4 is 24.8 Å². The van der Waals surface area contributed by atoms with Crippen molar-refractivity contribution in [3.05, 3.63) is 154 Å². The Morgan fingerprint density at radius 2 is 0.821 bits per heavy atom. The Labute approximate surface area is 356 Å². The van der Waals surface area contributed by atoms with Gasteiger partial charge in [0.05, 0.1) is 9.73 Å². The molecular formula is C52H62Cl2S2. The van der Waals surface area contributed by atoms with Gasteiger partial charge in [-0.15, -0.1) is 0 Å². The molecule has 296 valence electrons. The second-order valence-electron chi connectivity index (χ2n) is 18.3. The van der Waals surface area contributed by atoms with Crippen LogP contribution in [0.3, 0.4) is 0 Å². The molecule has 0 spiro atoms. The molecule has 0 aromatic heterocycles. The highest BCUT2D eigenvalue weighted by molar-refractivity contribution is 7.97. The Hall–Kier alpha value is -3.14. The first-order valence-corrected chi connectivity index (χ1v) is 22.8. The third kappa shape index (κ3) is 8.38. The summed E-state index contributed by atoms with van der Waals surface area (Å²) in [5.41, 5.74) is 18.3. The summed E-state index contributed by atoms with van der Waals surface area (Å²) in [5.74, 6) is 0. The van der Waals surface area contributed by atoms with Crippen LogP contribution in [-0.4, -0.2) is 20.2 Å². The van der Waals surface area contributed by atoms with E-state index in [4.69, 9.17) is 0 Å². The van der Waals surface area contributed by atoms with Crippen LogP contribution in [0.15, 0.2) is 141 Å². The maximum absolute atomic E-state index is 2.57. The van der Waals surface area contributed by atoms with Crippen molar-refractivity contribution >= 4 is 30.7 Å². The lowest BCUT2D eigenvalue weighted by Crippen LogP contribution is -3.00. The molecule has 4 aromatic rings. The number of benzene rings is 4. The molecule has 0 amide bonds. The van der Waals surface area contributed by atoms with Gasteiger partial charge in [-0.05, 0) is 132 Å². The van der Waals surface area contributed by atoms with E-state index < -0.39 is 0 Å². The summed E-state index contributed by atoms with van der Waals surface area (Å²) in [4.78, 5) is 6.31. The molecule has 0 aliphatic heterocycles. The molecule has 0 heterocycles. The van der Waals surface area contributed by atoms with Gasteiger partial charge in [-0.25, -0.2) is 0 Å². The Bertz CT molecular complexity index is 2190. The topological polar surface area (TPSA) is 0 Å². The fourth-order valence-electron chi connectivity index (χ4n) is 8.92. The number of hydrogen-bond acceptors (Lipinski definition) is 0. The molecule has 4 aliphatic rings. The number of allylic oxidation sites excluding steroid dienone is 4. The maximum Gasteiger partial charge on any atom is 0.128 e. The minimum atomic E-state index is -0.362. The summed E-state index contributed by atoms with van der Waals surface area (Å²) in [6.45, 7) is 28.0. The average Bonchev–Trinajstić information content (AvgIpc) is 3.89. The second-order valence-corrected chi connectivity index (χ2v) is 23.7. The van der Waals surface area contributed by atoms with Crippen molar-refractivity contribution in [2.45, 2.75) is 116 Å². The van der Waals surface area contributed by atoms with Gasteiger partial charge >= 0.3 is 0 Å². The van der Waals surface area contributed by atoms with Gasteiger partial charge in [0.2, 0.25) is 0 Å². The van der Waals surface area contributed by atoms with Gasteiger partial charge in [0.15, 0.2) is 0 Å². The molecule has 4 atom stereocenters. The molecule has 0 nitrogen and oxygen atoms in total. The predicted octanol–water partition coefficient (Wildman–Crippen LogP) is 6.97. The zero-order chi connectivity index (χ0) is 38.7. The van der Waals surface area contributed by atoms with Crippen molar-refractivity contribution in [2.24, 2.45) is 10.8 Å². The summed E-state index contributed by atoms with van der Waals surface area (Å²) >= 11 is 0. The van der Waals surface area contributed by atoms with Crippen molar-refractivity contribution < 1.29 is 24.8 Å². The van der Waals surface area contributed by atoms with Crippen LogP contribution in [0.2, 0.25) is 0 Å². The maximum atomic E-state index is 2.57. The molecule has 0 fully saturated rings. The zero-order valence-corrected chi connectivity index (χ0v) is 38.9. The van der Waals surface area contributed by atoms with E-state index in [1.54, 1.807) is 30.6 Å². The lowest BCUT2D eigenvalue weighted by atomic mass is 9.87. The molecule has 0 bridgehead atoms. The van der Waals surface area contributed by atoms with Gasteiger partial charge in [-0.2, -0.15) is 0 Å². The highest BCUT2D eigenvalue weighted by Gasteiger charge is 2.35. The molecule has 4 aliphatic carbocycles. The Morgan fingerprint density at radius 3 is 1.14 bits per heavy atom. The Kier molecular flexibility index (Phi) is 13.3. The fraction of sp³-hybridized carbons (Fsp3) is 0.346. The van der Waals surface area contributed by atoms with Gasteiger partial charge in [-0.3, -0.25) is 0 Å². The van der Waals surface area contributed by atoms with Gasteiger partial charge in [0.25, 0.3) is 0 Å². The van der Waals surface area contributed by atoms with Crippen LogP contribution in [-0.2, 0) is 33.8 Å². The molecule has 4 unspecified atom stereocenters. The fourth-order valence-corrected chi connectivity index (χ4v) is 14.7. The minimum Gasteiger partial charge on any atom is -1.00 e. The molecule has 4 aromatic carbocycles. The smallest absolute Gasteiger partial charge is 0.128 e. The number of fused-ring (bicyclic) bond motifs is 6. The van der Waals surface area contributed by atoms with Crippen molar-refractivity contribution in [3.8, 4) is 22.3 Å². The van der Waals surface area contributed by atoms with Gasteiger partial charge in [-0.1, -0.05) is 147 Å². The van der Waals surface area contributed by atoms with E-state index in [0.717, 1.165) is 12.8 Å². The summed E-state index contributed by atoms with van der Waals surface area (Å²) in [7, 11) is -0.725. The van der Waals surface area contributed by atoms with Crippen molar-refractivity contribution in [1.29, 1.82) is 0 Å². The highest BCUT2D eigenvalue weighted by atomic mass is 35.5. The van der Waals surface area contributed by atoms with Crippen LogP contribution in [0.5, 0.6) is 0 Å². The second kappa shape index (κ2) is 17.0. The third-order valence-electron chi connectivity index (χ3n) is 11.8. The average molecular weight is 822 g/mol. The summed E-state index contributed by atoms with van der Waals surface area (Å²) in [6.07, 6.45) is 12.2. The van der Waals surface area contributed by atoms with Gasteiger partial charge in [0, 0.05) is 24.0 Å². The molecule has 0 saturated carbocycles. The first-order chi connectivity index (χ1) is 25.5. The van der Waals surface area contributed by atoms with Crippen LogP contribution >= 0.6 is 0 Å². The molecule has 0 N–H and O–H groups in total. The van der Waals surface area contributed by atoms with Crippen LogP contribution in [0.1, 0.15) is 105 Å². The number of halogens is 2. The van der Waals surface area contributed by atoms with Gasteiger partial charge in [0.1, 0.15) is 20.3 Å². The van der Waals surface area contributed by atoms with Crippen LogP contribution in [0.25, 0.3) is 22.3 Å². The standard InChI is InChI=1S/2C26H30S.2ClH/c2*1-17(2)27(25-16-20(14-18(25)3)26(4,5)6)24-13-9-12-22-21-11-8-7-10-19(21)15-23(22)24;;/h2*7-14,16,25H,15H2,1-6H3;2*1H. The molecular weight excluding hydrogens is 760 g/mol.